The van der Waals surface area contributed by atoms with Crippen molar-refractivity contribution in [3.63, 3.8) is 0 Å². The molecule has 0 unspecified atom stereocenters. The van der Waals surface area contributed by atoms with Crippen LogP contribution in [0.2, 0.25) is 0 Å². The minimum atomic E-state index is -0.441. The third-order valence-corrected chi connectivity index (χ3v) is 6.48. The van der Waals surface area contributed by atoms with Crippen LogP contribution in [0.1, 0.15) is 36.1 Å². The first kappa shape index (κ1) is 16.5. The average molecular weight is 362 g/mol. The molecule has 1 aromatic carbocycles. The molecular formula is C23H23FN2O. The van der Waals surface area contributed by atoms with Gasteiger partial charge in [0.2, 0.25) is 5.91 Å². The summed E-state index contributed by atoms with van der Waals surface area (Å²) in [6.45, 7) is 0. The molecule has 2 aliphatic rings. The topological polar surface area (TPSA) is 24.7 Å². The second kappa shape index (κ2) is 5.95. The van der Waals surface area contributed by atoms with E-state index < -0.39 is 5.41 Å². The molecule has 0 saturated heterocycles. The van der Waals surface area contributed by atoms with E-state index in [1.165, 1.54) is 28.9 Å². The van der Waals surface area contributed by atoms with Crippen LogP contribution in [0.25, 0.3) is 5.52 Å². The van der Waals surface area contributed by atoms with Crippen LogP contribution in [0.3, 0.4) is 0 Å². The van der Waals surface area contributed by atoms with Gasteiger partial charge in [0.15, 0.2) is 0 Å². The number of aromatic nitrogens is 1. The highest BCUT2D eigenvalue weighted by Crippen LogP contribution is 2.50. The predicted octanol–water partition coefficient (Wildman–Crippen LogP) is 4.13. The summed E-state index contributed by atoms with van der Waals surface area (Å²) in [6.07, 6.45) is 6.70. The molecule has 1 amide bonds. The first-order valence-corrected chi connectivity index (χ1v) is 9.70. The Morgan fingerprint density at radius 3 is 2.70 bits per heavy atom. The molecule has 2 aliphatic carbocycles. The molecule has 0 bridgehead atoms. The highest BCUT2D eigenvalue weighted by atomic mass is 19.1. The Hall–Kier alpha value is -2.62. The zero-order valence-corrected chi connectivity index (χ0v) is 15.5. The monoisotopic (exact) mass is 362 g/mol. The SMILES string of the molecule is CN(C(=O)C1(c2ccc(F)cc2)CC1)[C@@H]1CCc2cc3ccccn3c2C1. The lowest BCUT2D eigenvalue weighted by atomic mass is 9.89. The van der Waals surface area contributed by atoms with Crippen LogP contribution in [0.15, 0.2) is 54.7 Å². The molecule has 138 valence electrons. The van der Waals surface area contributed by atoms with E-state index in [-0.39, 0.29) is 17.8 Å². The Morgan fingerprint density at radius 2 is 1.96 bits per heavy atom. The zero-order valence-electron chi connectivity index (χ0n) is 15.5. The number of rotatable bonds is 3. The number of aryl methyl sites for hydroxylation is 1. The van der Waals surface area contributed by atoms with Gasteiger partial charge in [0, 0.05) is 36.9 Å². The maximum absolute atomic E-state index is 13.4. The minimum Gasteiger partial charge on any atom is -0.342 e. The van der Waals surface area contributed by atoms with Gasteiger partial charge in [-0.05, 0) is 67.1 Å². The highest BCUT2D eigenvalue weighted by molar-refractivity contribution is 5.91. The lowest BCUT2D eigenvalue weighted by molar-refractivity contribution is -0.135. The third kappa shape index (κ3) is 2.58. The summed E-state index contributed by atoms with van der Waals surface area (Å²) in [5.74, 6) is -0.0707. The molecule has 1 fully saturated rings. The van der Waals surface area contributed by atoms with Crippen LogP contribution >= 0.6 is 0 Å². The summed E-state index contributed by atoms with van der Waals surface area (Å²) in [4.78, 5) is 15.3. The van der Waals surface area contributed by atoms with Crippen molar-refractivity contribution < 1.29 is 9.18 Å². The fraction of sp³-hybridized carbons (Fsp3) is 0.348. The van der Waals surface area contributed by atoms with Gasteiger partial charge >= 0.3 is 0 Å². The summed E-state index contributed by atoms with van der Waals surface area (Å²) < 4.78 is 15.5. The maximum Gasteiger partial charge on any atom is 0.233 e. The van der Waals surface area contributed by atoms with Gasteiger partial charge in [0.25, 0.3) is 0 Å². The summed E-state index contributed by atoms with van der Waals surface area (Å²) >= 11 is 0. The Labute approximate surface area is 158 Å². The second-order valence-electron chi connectivity index (χ2n) is 8.01. The van der Waals surface area contributed by atoms with E-state index in [1.807, 2.05) is 11.9 Å². The lowest BCUT2D eigenvalue weighted by Crippen LogP contribution is -2.45. The molecule has 1 saturated carbocycles. The van der Waals surface area contributed by atoms with Gasteiger partial charge in [0.1, 0.15) is 5.82 Å². The number of fused-ring (bicyclic) bond motifs is 3. The molecule has 27 heavy (non-hydrogen) atoms. The van der Waals surface area contributed by atoms with Gasteiger partial charge in [-0.15, -0.1) is 0 Å². The molecule has 4 heteroatoms. The number of carbonyl (C=O) groups is 1. The largest absolute Gasteiger partial charge is 0.342 e. The zero-order chi connectivity index (χ0) is 18.6. The summed E-state index contributed by atoms with van der Waals surface area (Å²) in [5, 5.41) is 0. The number of benzene rings is 1. The minimum absolute atomic E-state index is 0.184. The van der Waals surface area contributed by atoms with E-state index in [4.69, 9.17) is 0 Å². The maximum atomic E-state index is 13.4. The van der Waals surface area contributed by atoms with Crippen LogP contribution < -0.4 is 0 Å². The van der Waals surface area contributed by atoms with Crippen molar-refractivity contribution in [2.45, 2.75) is 43.6 Å². The van der Waals surface area contributed by atoms with Crippen molar-refractivity contribution in [2.24, 2.45) is 0 Å². The van der Waals surface area contributed by atoms with E-state index >= 15 is 0 Å². The number of amides is 1. The van der Waals surface area contributed by atoms with Crippen molar-refractivity contribution in [1.82, 2.24) is 9.30 Å². The number of likely N-dealkylation sites (N-methyl/N-ethyl adjacent to an activating group) is 1. The number of hydrogen-bond donors (Lipinski definition) is 0. The second-order valence-corrected chi connectivity index (χ2v) is 8.01. The number of nitrogens with zero attached hydrogens (tertiary/aromatic N) is 2. The van der Waals surface area contributed by atoms with Crippen LogP contribution in [-0.2, 0) is 23.1 Å². The molecule has 2 aromatic heterocycles. The Balaban J connectivity index is 1.40. The van der Waals surface area contributed by atoms with Gasteiger partial charge in [0.05, 0.1) is 5.41 Å². The molecule has 5 rings (SSSR count). The summed E-state index contributed by atoms with van der Waals surface area (Å²) in [7, 11) is 1.94. The van der Waals surface area contributed by atoms with Gasteiger partial charge in [-0.2, -0.15) is 0 Å². The highest BCUT2D eigenvalue weighted by Gasteiger charge is 2.53. The van der Waals surface area contributed by atoms with Crippen LogP contribution in [0.5, 0.6) is 0 Å². The predicted molar refractivity (Wildman–Crippen MR) is 103 cm³/mol. The molecule has 1 atom stereocenters. The van der Waals surface area contributed by atoms with Gasteiger partial charge in [-0.1, -0.05) is 18.2 Å². The Bertz CT molecular complexity index is 1020. The lowest BCUT2D eigenvalue weighted by Gasteiger charge is -2.34. The fourth-order valence-electron chi connectivity index (χ4n) is 4.68. The van der Waals surface area contributed by atoms with Crippen molar-refractivity contribution >= 4 is 11.4 Å². The first-order valence-electron chi connectivity index (χ1n) is 9.70. The van der Waals surface area contributed by atoms with Gasteiger partial charge in [-0.3, -0.25) is 4.79 Å². The Morgan fingerprint density at radius 1 is 1.19 bits per heavy atom. The molecule has 0 N–H and O–H groups in total. The van der Waals surface area contributed by atoms with Crippen molar-refractivity contribution in [3.8, 4) is 0 Å². The summed E-state index contributed by atoms with van der Waals surface area (Å²) in [5.41, 5.74) is 4.46. The van der Waals surface area contributed by atoms with Crippen molar-refractivity contribution in [3.05, 3.63) is 77.4 Å². The molecular weight excluding hydrogens is 339 g/mol. The van der Waals surface area contributed by atoms with Crippen molar-refractivity contribution in [1.29, 1.82) is 0 Å². The van der Waals surface area contributed by atoms with E-state index in [9.17, 15) is 9.18 Å². The summed E-state index contributed by atoms with van der Waals surface area (Å²) in [6, 6.07) is 15.2. The molecule has 0 aliphatic heterocycles. The van der Waals surface area contributed by atoms with Gasteiger partial charge < -0.3 is 9.30 Å². The van der Waals surface area contributed by atoms with Crippen LogP contribution in [-0.4, -0.2) is 28.3 Å². The molecule has 0 radical (unpaired) electrons. The van der Waals surface area contributed by atoms with E-state index in [0.29, 0.717) is 0 Å². The number of hydrogen-bond acceptors (Lipinski definition) is 1. The van der Waals surface area contributed by atoms with Crippen LogP contribution in [0.4, 0.5) is 4.39 Å². The van der Waals surface area contributed by atoms with E-state index in [2.05, 4.69) is 34.9 Å². The first-order chi connectivity index (χ1) is 13.1. The standard InChI is InChI=1S/C23H23FN2O/c1-25(22(27)23(11-12-23)17-6-8-18(24)9-7-17)19-10-5-16-14-20-4-2-3-13-26(20)21(16)15-19/h2-4,6-9,13-14,19H,5,10-12,15H2,1H3/t19-/m1/s1. The van der Waals surface area contributed by atoms with Crippen molar-refractivity contribution in [2.75, 3.05) is 7.05 Å². The molecule has 2 heterocycles. The van der Waals surface area contributed by atoms with E-state index in [1.54, 1.807) is 12.1 Å². The smallest absolute Gasteiger partial charge is 0.233 e. The van der Waals surface area contributed by atoms with E-state index in [0.717, 1.165) is 37.7 Å². The quantitative estimate of drug-likeness (QED) is 0.688. The average Bonchev–Trinajstić information content (AvgIpc) is 3.42. The number of pyridine rings is 1. The third-order valence-electron chi connectivity index (χ3n) is 6.48. The molecule has 3 nitrogen and oxygen atoms in total. The van der Waals surface area contributed by atoms with Crippen LogP contribution in [0, 0.1) is 5.82 Å². The number of halogens is 1. The fourth-order valence-corrected chi connectivity index (χ4v) is 4.68. The number of carbonyl (C=O) groups excluding carboxylic acids is 1. The molecule has 0 spiro atoms. The normalized spacial score (nSPS) is 20.3. The molecule has 3 aromatic rings. The van der Waals surface area contributed by atoms with Gasteiger partial charge in [-0.25, -0.2) is 4.39 Å². The Kier molecular flexibility index (Phi) is 3.64.